The normalized spacial score (nSPS) is 16.1. The lowest BCUT2D eigenvalue weighted by molar-refractivity contribution is 0.0731. The maximum Gasteiger partial charge on any atom is 0.255 e. The molecule has 0 unspecified atom stereocenters. The first-order valence-corrected chi connectivity index (χ1v) is 10.1. The zero-order chi connectivity index (χ0) is 18.0. The third-order valence-electron chi connectivity index (χ3n) is 4.10. The first kappa shape index (κ1) is 18.1. The molecule has 0 atom stereocenters. The molecule has 0 aromatic carbocycles. The van der Waals surface area contributed by atoms with Crippen molar-refractivity contribution in [1.82, 2.24) is 19.4 Å². The Kier molecular flexibility index (Phi) is 5.23. The molecule has 0 radical (unpaired) electrons. The molecular formula is C15H20N4O4S2. The van der Waals surface area contributed by atoms with Crippen LogP contribution in [0, 0.1) is 6.92 Å². The van der Waals surface area contributed by atoms with Crippen molar-refractivity contribution >= 4 is 27.3 Å². The van der Waals surface area contributed by atoms with Crippen molar-refractivity contribution in [2.45, 2.75) is 17.7 Å². The van der Waals surface area contributed by atoms with Crippen molar-refractivity contribution < 1.29 is 17.9 Å². The molecule has 0 spiro atoms. The van der Waals surface area contributed by atoms with Crippen molar-refractivity contribution in [2.24, 2.45) is 7.05 Å². The molecule has 25 heavy (non-hydrogen) atoms. The van der Waals surface area contributed by atoms with E-state index in [0.29, 0.717) is 31.9 Å². The van der Waals surface area contributed by atoms with Crippen LogP contribution in [-0.4, -0.2) is 54.7 Å². The number of thiophene rings is 1. The Labute approximate surface area is 150 Å². The van der Waals surface area contributed by atoms with Gasteiger partial charge in [-0.05, 0) is 19.1 Å². The SMILES string of the molecule is Cc1c(C(=O)NCc2ccc(S(=O)(=O)N3CCOCC3)s2)cnn1C. The van der Waals surface area contributed by atoms with E-state index in [1.165, 1.54) is 21.8 Å². The Balaban J connectivity index is 1.65. The average molecular weight is 384 g/mol. The van der Waals surface area contributed by atoms with Crippen LogP contribution in [0.25, 0.3) is 0 Å². The van der Waals surface area contributed by atoms with Crippen LogP contribution in [0.1, 0.15) is 20.9 Å². The number of morpholine rings is 1. The van der Waals surface area contributed by atoms with E-state index in [2.05, 4.69) is 10.4 Å². The first-order valence-electron chi connectivity index (χ1n) is 7.83. The number of hydrogen-bond donors (Lipinski definition) is 1. The molecule has 2 aromatic heterocycles. The summed E-state index contributed by atoms with van der Waals surface area (Å²) in [5, 5.41) is 6.85. The van der Waals surface area contributed by atoms with Crippen molar-refractivity contribution in [3.05, 3.63) is 34.5 Å². The smallest absolute Gasteiger partial charge is 0.255 e. The topological polar surface area (TPSA) is 93.5 Å². The van der Waals surface area contributed by atoms with Gasteiger partial charge in [0.25, 0.3) is 15.9 Å². The second-order valence-corrected chi connectivity index (χ2v) is 9.02. The van der Waals surface area contributed by atoms with Crippen molar-refractivity contribution in [3.8, 4) is 0 Å². The largest absolute Gasteiger partial charge is 0.379 e. The molecule has 0 saturated carbocycles. The van der Waals surface area contributed by atoms with Gasteiger partial charge in [-0.1, -0.05) is 0 Å². The van der Waals surface area contributed by atoms with Crippen LogP contribution in [0.3, 0.4) is 0 Å². The minimum absolute atomic E-state index is 0.225. The van der Waals surface area contributed by atoms with Crippen LogP contribution in [-0.2, 0) is 28.4 Å². The van der Waals surface area contributed by atoms with E-state index in [-0.39, 0.29) is 16.7 Å². The summed E-state index contributed by atoms with van der Waals surface area (Å²) in [6.07, 6.45) is 1.52. The highest BCUT2D eigenvalue weighted by molar-refractivity contribution is 7.91. The number of aryl methyl sites for hydroxylation is 1. The van der Waals surface area contributed by atoms with E-state index in [1.807, 2.05) is 6.92 Å². The molecule has 1 amide bonds. The Bertz CT molecular complexity index is 866. The molecule has 3 rings (SSSR count). The minimum Gasteiger partial charge on any atom is -0.379 e. The quantitative estimate of drug-likeness (QED) is 0.821. The average Bonchev–Trinajstić information content (AvgIpc) is 3.22. The molecule has 136 valence electrons. The van der Waals surface area contributed by atoms with E-state index in [0.717, 1.165) is 10.6 Å². The molecule has 8 nitrogen and oxygen atoms in total. The number of carbonyl (C=O) groups is 1. The molecule has 2 aromatic rings. The Hall–Kier alpha value is -1.75. The lowest BCUT2D eigenvalue weighted by Crippen LogP contribution is -2.40. The third-order valence-corrected chi connectivity index (χ3v) is 7.56. The predicted molar refractivity (Wildman–Crippen MR) is 93.0 cm³/mol. The third kappa shape index (κ3) is 3.76. The second-order valence-electron chi connectivity index (χ2n) is 5.69. The maximum atomic E-state index is 12.6. The lowest BCUT2D eigenvalue weighted by Gasteiger charge is -2.25. The van der Waals surface area contributed by atoms with Crippen molar-refractivity contribution in [1.29, 1.82) is 0 Å². The van der Waals surface area contributed by atoms with Crippen LogP contribution >= 0.6 is 11.3 Å². The fourth-order valence-corrected chi connectivity index (χ4v) is 5.35. The molecule has 1 fully saturated rings. The number of amides is 1. The van der Waals surface area contributed by atoms with Gasteiger partial charge >= 0.3 is 0 Å². The van der Waals surface area contributed by atoms with Crippen molar-refractivity contribution in [2.75, 3.05) is 26.3 Å². The zero-order valence-corrected chi connectivity index (χ0v) is 15.7. The Morgan fingerprint density at radius 3 is 2.72 bits per heavy atom. The summed E-state index contributed by atoms with van der Waals surface area (Å²) >= 11 is 1.17. The lowest BCUT2D eigenvalue weighted by atomic mass is 10.2. The van der Waals surface area contributed by atoms with Crippen molar-refractivity contribution in [3.63, 3.8) is 0 Å². The van der Waals surface area contributed by atoms with Gasteiger partial charge in [-0.2, -0.15) is 9.40 Å². The van der Waals surface area contributed by atoms with Gasteiger partial charge in [0.15, 0.2) is 0 Å². The molecule has 1 aliphatic heterocycles. The number of nitrogens with zero attached hydrogens (tertiary/aromatic N) is 3. The van der Waals surface area contributed by atoms with E-state index >= 15 is 0 Å². The summed E-state index contributed by atoms with van der Waals surface area (Å²) in [5.74, 6) is -0.225. The summed E-state index contributed by atoms with van der Waals surface area (Å²) in [4.78, 5) is 13.0. The number of carbonyl (C=O) groups excluding carboxylic acids is 1. The Morgan fingerprint density at radius 1 is 1.36 bits per heavy atom. The van der Waals surface area contributed by atoms with E-state index in [9.17, 15) is 13.2 Å². The molecule has 1 N–H and O–H groups in total. The second kappa shape index (κ2) is 7.24. The number of sulfonamides is 1. The summed E-state index contributed by atoms with van der Waals surface area (Å²) in [7, 11) is -1.72. The molecule has 10 heteroatoms. The summed E-state index contributed by atoms with van der Waals surface area (Å²) in [6, 6.07) is 3.32. The van der Waals surface area contributed by atoms with E-state index < -0.39 is 10.0 Å². The van der Waals surface area contributed by atoms with Gasteiger partial charge in [0.2, 0.25) is 0 Å². The highest BCUT2D eigenvalue weighted by atomic mass is 32.2. The minimum atomic E-state index is -3.49. The van der Waals surface area contributed by atoms with E-state index in [1.54, 1.807) is 23.9 Å². The number of nitrogens with one attached hydrogen (secondary N) is 1. The van der Waals surface area contributed by atoms with Gasteiger partial charge in [0.1, 0.15) is 4.21 Å². The molecule has 0 aliphatic carbocycles. The van der Waals surface area contributed by atoms with Crippen LogP contribution in [0.15, 0.2) is 22.5 Å². The number of rotatable bonds is 5. The fourth-order valence-electron chi connectivity index (χ4n) is 2.49. The van der Waals surface area contributed by atoms with Gasteiger partial charge in [-0.3, -0.25) is 9.48 Å². The van der Waals surface area contributed by atoms with Gasteiger partial charge < -0.3 is 10.1 Å². The summed E-state index contributed by atoms with van der Waals surface area (Å²) in [6.45, 7) is 3.66. The van der Waals surface area contributed by atoms with Gasteiger partial charge in [-0.25, -0.2) is 8.42 Å². The van der Waals surface area contributed by atoms with Crippen LogP contribution in [0.2, 0.25) is 0 Å². The fraction of sp³-hybridized carbons (Fsp3) is 0.467. The number of ether oxygens (including phenoxy) is 1. The van der Waals surface area contributed by atoms with Crippen LogP contribution in [0.5, 0.6) is 0 Å². The summed E-state index contributed by atoms with van der Waals surface area (Å²) in [5.41, 5.74) is 1.29. The highest BCUT2D eigenvalue weighted by Gasteiger charge is 2.27. The zero-order valence-electron chi connectivity index (χ0n) is 14.1. The van der Waals surface area contributed by atoms with Crippen LogP contribution < -0.4 is 5.32 Å². The molecular weight excluding hydrogens is 364 g/mol. The highest BCUT2D eigenvalue weighted by Crippen LogP contribution is 2.25. The number of aromatic nitrogens is 2. The first-order chi connectivity index (χ1) is 11.9. The van der Waals surface area contributed by atoms with E-state index in [4.69, 9.17) is 4.74 Å². The number of hydrogen-bond acceptors (Lipinski definition) is 6. The molecule has 3 heterocycles. The summed E-state index contributed by atoms with van der Waals surface area (Å²) < 4.78 is 33.7. The Morgan fingerprint density at radius 2 is 2.08 bits per heavy atom. The molecule has 1 saturated heterocycles. The van der Waals surface area contributed by atoms with Gasteiger partial charge in [0.05, 0.1) is 31.5 Å². The van der Waals surface area contributed by atoms with Crippen LogP contribution in [0.4, 0.5) is 0 Å². The predicted octanol–water partition coefficient (Wildman–Crippen LogP) is 0.741. The monoisotopic (exact) mass is 384 g/mol. The van der Waals surface area contributed by atoms with Gasteiger partial charge in [0, 0.05) is 30.7 Å². The maximum absolute atomic E-state index is 12.6. The molecule has 0 bridgehead atoms. The van der Waals surface area contributed by atoms with Gasteiger partial charge in [-0.15, -0.1) is 11.3 Å². The molecule has 1 aliphatic rings. The standard InChI is InChI=1S/C15H20N4O4S2/c1-11-13(10-17-18(11)2)15(20)16-9-12-3-4-14(24-12)25(21,22)19-5-7-23-8-6-19/h3-4,10H,5-9H2,1-2H3,(H,16,20).